The fraction of sp³-hybridized carbons (Fsp3) is 0.444. The Morgan fingerprint density at radius 1 is 1.11 bits per heavy atom. The highest BCUT2D eigenvalue weighted by Gasteiger charge is 2.45. The van der Waals surface area contributed by atoms with Crippen molar-refractivity contribution in [2.45, 2.75) is 56.8 Å². The van der Waals surface area contributed by atoms with Gasteiger partial charge in [0.05, 0.1) is 42.1 Å². The molecule has 0 spiro atoms. The molecule has 2 aliphatic carbocycles. The number of fused-ring (bicyclic) bond motifs is 3. The molecule has 202 valence electrons. The molecule has 1 saturated heterocycles. The molecule has 38 heavy (non-hydrogen) atoms. The third-order valence-corrected chi connectivity index (χ3v) is 7.71. The third-order valence-electron chi connectivity index (χ3n) is 7.71. The zero-order valence-electron chi connectivity index (χ0n) is 20.8. The largest absolute Gasteiger partial charge is 0.507 e. The van der Waals surface area contributed by atoms with Crippen molar-refractivity contribution in [1.82, 2.24) is 0 Å². The van der Waals surface area contributed by atoms with Gasteiger partial charge < -0.3 is 40.4 Å². The Hall–Kier alpha value is -3.35. The Kier molecular flexibility index (Phi) is 6.74. The minimum absolute atomic E-state index is 0.00621. The van der Waals surface area contributed by atoms with Crippen LogP contribution in [0.25, 0.3) is 0 Å². The van der Waals surface area contributed by atoms with Crippen LogP contribution < -0.4 is 10.5 Å². The zero-order chi connectivity index (χ0) is 27.5. The average Bonchev–Trinajstić information content (AvgIpc) is 2.90. The Balaban J connectivity index is 1.65. The van der Waals surface area contributed by atoms with Gasteiger partial charge in [-0.15, -0.1) is 0 Å². The van der Waals surface area contributed by atoms with Crippen LogP contribution in [0.2, 0.25) is 0 Å². The number of ketones is 3. The number of Topliss-reactive ketones (excluding diaryl/α,β-unsaturated/α-hetero) is 1. The van der Waals surface area contributed by atoms with Crippen LogP contribution >= 0.6 is 0 Å². The Morgan fingerprint density at radius 3 is 2.47 bits per heavy atom. The number of aromatic hydroxyl groups is 2. The van der Waals surface area contributed by atoms with Gasteiger partial charge in [-0.05, 0) is 25.8 Å². The van der Waals surface area contributed by atoms with E-state index in [2.05, 4.69) is 0 Å². The number of ether oxygens (including phenoxy) is 3. The van der Waals surface area contributed by atoms with Crippen LogP contribution in [0.3, 0.4) is 0 Å². The molecule has 0 saturated carbocycles. The molecule has 2 aromatic carbocycles. The monoisotopic (exact) mass is 527 g/mol. The van der Waals surface area contributed by atoms with E-state index in [4.69, 9.17) is 19.9 Å². The maximum atomic E-state index is 13.6. The molecule has 0 unspecified atom stereocenters. The molecule has 0 amide bonds. The van der Waals surface area contributed by atoms with E-state index in [1.54, 1.807) is 6.92 Å². The van der Waals surface area contributed by atoms with Gasteiger partial charge in [-0.3, -0.25) is 14.4 Å². The Bertz CT molecular complexity index is 1330. The Morgan fingerprint density at radius 2 is 1.82 bits per heavy atom. The maximum Gasteiger partial charge on any atom is 0.202 e. The summed E-state index contributed by atoms with van der Waals surface area (Å²) in [4.78, 5) is 39.6. The van der Waals surface area contributed by atoms with E-state index in [9.17, 15) is 34.8 Å². The van der Waals surface area contributed by atoms with Crippen molar-refractivity contribution >= 4 is 17.3 Å². The molecule has 6 N–H and O–H groups in total. The van der Waals surface area contributed by atoms with Gasteiger partial charge in [0.2, 0.25) is 5.78 Å². The van der Waals surface area contributed by atoms with Crippen LogP contribution in [-0.4, -0.2) is 76.0 Å². The minimum Gasteiger partial charge on any atom is -0.507 e. The first kappa shape index (κ1) is 26.3. The summed E-state index contributed by atoms with van der Waals surface area (Å²) in [6.07, 6.45) is -3.54. The molecule has 6 atom stereocenters. The van der Waals surface area contributed by atoms with E-state index in [1.165, 1.54) is 25.3 Å². The predicted molar refractivity (Wildman–Crippen MR) is 130 cm³/mol. The summed E-state index contributed by atoms with van der Waals surface area (Å²) in [5.74, 6) is -3.64. The van der Waals surface area contributed by atoms with E-state index in [0.29, 0.717) is 0 Å². The van der Waals surface area contributed by atoms with Gasteiger partial charge in [-0.2, -0.15) is 0 Å². The van der Waals surface area contributed by atoms with Crippen molar-refractivity contribution in [3.8, 4) is 17.2 Å². The van der Waals surface area contributed by atoms with Gasteiger partial charge in [0, 0.05) is 35.1 Å². The Labute approximate surface area is 217 Å². The van der Waals surface area contributed by atoms with Gasteiger partial charge in [0.25, 0.3) is 0 Å². The molecule has 11 nitrogen and oxygen atoms in total. The summed E-state index contributed by atoms with van der Waals surface area (Å²) in [5.41, 5.74) is 5.39. The van der Waals surface area contributed by atoms with Gasteiger partial charge in [-0.1, -0.05) is 12.1 Å². The average molecular weight is 528 g/mol. The van der Waals surface area contributed by atoms with Crippen LogP contribution in [0.15, 0.2) is 18.2 Å². The van der Waals surface area contributed by atoms with Gasteiger partial charge in [-0.25, -0.2) is 0 Å². The summed E-state index contributed by atoms with van der Waals surface area (Å²) >= 11 is 0. The second-order valence-corrected chi connectivity index (χ2v) is 9.93. The lowest BCUT2D eigenvalue weighted by Gasteiger charge is -2.40. The summed E-state index contributed by atoms with van der Waals surface area (Å²) in [6.45, 7) is 0.880. The molecule has 5 rings (SSSR count). The lowest BCUT2D eigenvalue weighted by Crippen LogP contribution is -2.52. The number of carbonyl (C=O) groups excluding carboxylic acids is 3. The van der Waals surface area contributed by atoms with E-state index in [0.717, 1.165) is 0 Å². The number of benzene rings is 2. The number of aliphatic hydroxyl groups is 2. The summed E-state index contributed by atoms with van der Waals surface area (Å²) in [7, 11) is 1.35. The van der Waals surface area contributed by atoms with E-state index < -0.39 is 72.0 Å². The number of hydrogen-bond donors (Lipinski definition) is 5. The van der Waals surface area contributed by atoms with Gasteiger partial charge in [0.15, 0.2) is 17.9 Å². The maximum absolute atomic E-state index is 13.6. The quantitative estimate of drug-likeness (QED) is 0.297. The normalized spacial score (nSPS) is 28.3. The lowest BCUT2D eigenvalue weighted by molar-refractivity contribution is -0.243. The number of methoxy groups -OCH3 is 1. The van der Waals surface area contributed by atoms with Crippen LogP contribution in [-0.2, 0) is 20.7 Å². The van der Waals surface area contributed by atoms with Gasteiger partial charge >= 0.3 is 0 Å². The molecule has 1 heterocycles. The van der Waals surface area contributed by atoms with Crippen molar-refractivity contribution in [3.63, 3.8) is 0 Å². The van der Waals surface area contributed by atoms with Crippen molar-refractivity contribution in [3.05, 3.63) is 51.6 Å². The number of rotatable bonds is 5. The lowest BCUT2D eigenvalue weighted by atomic mass is 9.73. The van der Waals surface area contributed by atoms with Crippen LogP contribution in [0.5, 0.6) is 17.2 Å². The van der Waals surface area contributed by atoms with Gasteiger partial charge in [0.1, 0.15) is 23.9 Å². The van der Waals surface area contributed by atoms with Crippen molar-refractivity contribution in [1.29, 1.82) is 0 Å². The van der Waals surface area contributed by atoms with E-state index in [1.807, 2.05) is 0 Å². The molecule has 1 aliphatic heterocycles. The minimum atomic E-state index is -1.06. The highest BCUT2D eigenvalue weighted by Crippen LogP contribution is 2.51. The highest BCUT2D eigenvalue weighted by atomic mass is 16.7. The fourth-order valence-electron chi connectivity index (χ4n) is 5.73. The fourth-order valence-corrected chi connectivity index (χ4v) is 5.73. The molecule has 1 fully saturated rings. The van der Waals surface area contributed by atoms with Crippen LogP contribution in [0.4, 0.5) is 0 Å². The first-order valence-corrected chi connectivity index (χ1v) is 12.3. The predicted octanol–water partition coefficient (Wildman–Crippen LogP) is 0.886. The first-order chi connectivity index (χ1) is 18.1. The van der Waals surface area contributed by atoms with Crippen molar-refractivity contribution in [2.24, 2.45) is 11.7 Å². The summed E-state index contributed by atoms with van der Waals surface area (Å²) in [6, 6.07) is 3.83. The third kappa shape index (κ3) is 3.98. The van der Waals surface area contributed by atoms with E-state index in [-0.39, 0.29) is 58.4 Å². The number of carbonyl (C=O) groups is 3. The number of nitrogens with two attached hydrogens (primary N) is 1. The highest BCUT2D eigenvalue weighted by molar-refractivity contribution is 6.31. The summed E-state index contributed by atoms with van der Waals surface area (Å²) in [5, 5.41) is 42.4. The molecular weight excluding hydrogens is 498 g/mol. The first-order valence-electron chi connectivity index (χ1n) is 12.3. The zero-order valence-corrected chi connectivity index (χ0v) is 20.8. The molecular formula is C27H29NO10. The SMILES string of the molecule is COc1cccc2c1C(=O)c1c(O)c3c(c(O)c1C2=O)C[C@@H](C(=O)CO)C[C@@H]3O[C@H]1C[C@H](N)[C@@H](O)[C@H](C)O1. The molecule has 0 aromatic heterocycles. The number of phenols is 2. The van der Waals surface area contributed by atoms with E-state index >= 15 is 0 Å². The smallest absolute Gasteiger partial charge is 0.202 e. The molecule has 2 aromatic rings. The summed E-state index contributed by atoms with van der Waals surface area (Å²) < 4.78 is 17.2. The second-order valence-electron chi connectivity index (χ2n) is 9.93. The molecule has 0 radical (unpaired) electrons. The standard InChI is InChI=1S/C27H29NO10/c1-10-23(31)14(28)8-18(37-10)38-17-7-11(15(30)9-29)6-13-20(17)27(35)22-21(25(13)33)24(32)12-4-3-5-16(36-2)19(12)26(22)34/h3-5,10-11,14,17-18,23,29,31,33,35H,6-9,28H2,1-2H3/t10-,11+,14-,17-,18-,23-/m0/s1. The van der Waals surface area contributed by atoms with Crippen LogP contribution in [0, 0.1) is 5.92 Å². The molecule has 0 bridgehead atoms. The topological polar surface area (TPSA) is 186 Å². The van der Waals surface area contributed by atoms with Crippen molar-refractivity contribution in [2.75, 3.05) is 13.7 Å². The van der Waals surface area contributed by atoms with Crippen LogP contribution in [0.1, 0.15) is 68.8 Å². The molecule has 3 aliphatic rings. The number of hydrogen-bond acceptors (Lipinski definition) is 11. The number of aliphatic hydroxyl groups excluding tert-OH is 2. The van der Waals surface area contributed by atoms with Crippen molar-refractivity contribution < 1.29 is 49.0 Å². The molecule has 11 heteroatoms. The second kappa shape index (κ2) is 9.75. The number of phenolic OH excluding ortho intramolecular Hbond substituents is 2.